The first-order valence-corrected chi connectivity index (χ1v) is 10.3. The number of hydrogen-bond donors (Lipinski definition) is 3. The van der Waals surface area contributed by atoms with Crippen molar-refractivity contribution < 1.29 is 5.11 Å². The minimum absolute atomic E-state index is 0.145. The Morgan fingerprint density at radius 1 is 0.931 bits per heavy atom. The summed E-state index contributed by atoms with van der Waals surface area (Å²) in [6.45, 7) is 1.70. The number of aromatic nitrogens is 2. The van der Waals surface area contributed by atoms with Crippen LogP contribution in [0.15, 0.2) is 79.1 Å². The second kappa shape index (κ2) is 9.16. The van der Waals surface area contributed by atoms with Crippen molar-refractivity contribution in [1.29, 1.82) is 0 Å². The van der Waals surface area contributed by atoms with Gasteiger partial charge in [-0.1, -0.05) is 60.7 Å². The van der Waals surface area contributed by atoms with Crippen LogP contribution in [0, 0.1) is 5.92 Å². The van der Waals surface area contributed by atoms with Crippen LogP contribution in [0.2, 0.25) is 0 Å². The van der Waals surface area contributed by atoms with Crippen molar-refractivity contribution in [3.05, 3.63) is 90.3 Å². The van der Waals surface area contributed by atoms with Crippen LogP contribution in [-0.4, -0.2) is 34.2 Å². The highest BCUT2D eigenvalue weighted by Gasteiger charge is 2.42. The van der Waals surface area contributed by atoms with Gasteiger partial charge in [-0.2, -0.15) is 0 Å². The SMILES string of the molecule is OC(c1ccccc1)(c1ccccc1)C1CCNC(CCNc2ncccn2)C1. The molecule has 0 bridgehead atoms. The molecule has 2 unspecified atom stereocenters. The molecule has 4 rings (SSSR count). The fourth-order valence-corrected chi connectivity index (χ4v) is 4.38. The highest BCUT2D eigenvalue weighted by atomic mass is 16.3. The maximum atomic E-state index is 12.0. The Bertz CT molecular complexity index is 834. The van der Waals surface area contributed by atoms with Crippen LogP contribution in [-0.2, 0) is 5.60 Å². The average Bonchev–Trinajstić information content (AvgIpc) is 2.81. The third-order valence-corrected chi connectivity index (χ3v) is 5.86. The lowest BCUT2D eigenvalue weighted by atomic mass is 9.70. The Morgan fingerprint density at radius 3 is 2.17 bits per heavy atom. The number of piperidine rings is 1. The minimum Gasteiger partial charge on any atom is -0.380 e. The molecule has 3 N–H and O–H groups in total. The lowest BCUT2D eigenvalue weighted by Crippen LogP contribution is -2.47. The van der Waals surface area contributed by atoms with Crippen molar-refractivity contribution in [3.8, 4) is 0 Å². The first-order valence-electron chi connectivity index (χ1n) is 10.3. The molecule has 29 heavy (non-hydrogen) atoms. The van der Waals surface area contributed by atoms with Crippen LogP contribution in [0.3, 0.4) is 0 Å². The zero-order valence-electron chi connectivity index (χ0n) is 16.5. The number of nitrogens with one attached hydrogen (secondary N) is 2. The molecule has 5 nitrogen and oxygen atoms in total. The summed E-state index contributed by atoms with van der Waals surface area (Å²) in [6.07, 6.45) is 6.28. The van der Waals surface area contributed by atoms with E-state index >= 15 is 0 Å². The van der Waals surface area contributed by atoms with Crippen molar-refractivity contribution in [3.63, 3.8) is 0 Å². The van der Waals surface area contributed by atoms with Gasteiger partial charge in [-0.3, -0.25) is 0 Å². The third-order valence-electron chi connectivity index (χ3n) is 5.86. The number of benzene rings is 2. The molecule has 0 saturated carbocycles. The maximum absolute atomic E-state index is 12.0. The van der Waals surface area contributed by atoms with Gasteiger partial charge in [0.15, 0.2) is 0 Å². The third kappa shape index (κ3) is 4.47. The van der Waals surface area contributed by atoms with Crippen LogP contribution >= 0.6 is 0 Å². The van der Waals surface area contributed by atoms with E-state index < -0.39 is 5.60 Å². The molecule has 150 valence electrons. The predicted octanol–water partition coefficient (Wildman–Crippen LogP) is 3.58. The van der Waals surface area contributed by atoms with Gasteiger partial charge >= 0.3 is 0 Å². The highest BCUT2D eigenvalue weighted by Crippen LogP contribution is 2.42. The van der Waals surface area contributed by atoms with Crippen LogP contribution in [0.25, 0.3) is 0 Å². The fourth-order valence-electron chi connectivity index (χ4n) is 4.38. The van der Waals surface area contributed by atoms with E-state index in [2.05, 4.69) is 20.6 Å². The molecular formula is C24H28N4O. The Hall–Kier alpha value is -2.76. The van der Waals surface area contributed by atoms with Crippen molar-refractivity contribution in [2.45, 2.75) is 30.9 Å². The number of aliphatic hydroxyl groups is 1. The van der Waals surface area contributed by atoms with Crippen molar-refractivity contribution >= 4 is 5.95 Å². The Morgan fingerprint density at radius 2 is 1.55 bits per heavy atom. The summed E-state index contributed by atoms with van der Waals surface area (Å²) in [7, 11) is 0. The van der Waals surface area contributed by atoms with Crippen molar-refractivity contribution in [1.82, 2.24) is 15.3 Å². The molecule has 2 atom stereocenters. The maximum Gasteiger partial charge on any atom is 0.222 e. The summed E-state index contributed by atoms with van der Waals surface area (Å²) in [5.41, 5.74) is 0.944. The molecule has 3 aromatic rings. The molecule has 1 fully saturated rings. The second-order valence-electron chi connectivity index (χ2n) is 7.66. The molecule has 1 aromatic heterocycles. The largest absolute Gasteiger partial charge is 0.380 e. The first-order chi connectivity index (χ1) is 14.3. The second-order valence-corrected chi connectivity index (χ2v) is 7.66. The highest BCUT2D eigenvalue weighted by molar-refractivity contribution is 5.37. The normalized spacial score (nSPS) is 19.6. The standard InChI is InChI=1S/C24H28N4O/c29-24(19-8-3-1-4-9-19,20-10-5-2-6-11-20)21-12-16-25-22(18-21)13-17-28-23-26-14-7-15-27-23/h1-11,14-15,21-22,25,29H,12-13,16-18H2,(H,26,27,28). The first kappa shape index (κ1) is 19.6. The molecule has 0 radical (unpaired) electrons. The molecule has 1 aliphatic heterocycles. The van der Waals surface area contributed by atoms with E-state index in [1.54, 1.807) is 12.4 Å². The van der Waals surface area contributed by atoms with Crippen LogP contribution < -0.4 is 10.6 Å². The summed E-state index contributed by atoms with van der Waals surface area (Å²) in [5.74, 6) is 0.802. The molecule has 1 aliphatic rings. The number of rotatable bonds is 7. The molecule has 0 amide bonds. The minimum atomic E-state index is -0.987. The summed E-state index contributed by atoms with van der Waals surface area (Å²) in [6, 6.07) is 22.3. The monoisotopic (exact) mass is 388 g/mol. The van der Waals surface area contributed by atoms with E-state index in [-0.39, 0.29) is 5.92 Å². The van der Waals surface area contributed by atoms with Gasteiger partial charge in [0.05, 0.1) is 0 Å². The van der Waals surface area contributed by atoms with Gasteiger partial charge in [0.2, 0.25) is 5.95 Å². The lowest BCUT2D eigenvalue weighted by molar-refractivity contribution is -0.00524. The topological polar surface area (TPSA) is 70.1 Å². The Labute approximate surface area is 172 Å². The van der Waals surface area contributed by atoms with Gasteiger partial charge in [-0.05, 0) is 48.9 Å². The van der Waals surface area contributed by atoms with Gasteiger partial charge in [0.1, 0.15) is 5.60 Å². The van der Waals surface area contributed by atoms with Gasteiger partial charge in [0, 0.05) is 25.0 Å². The summed E-state index contributed by atoms with van der Waals surface area (Å²) in [4.78, 5) is 8.42. The van der Waals surface area contributed by atoms with E-state index in [9.17, 15) is 5.11 Å². The van der Waals surface area contributed by atoms with Gasteiger partial charge in [-0.15, -0.1) is 0 Å². The van der Waals surface area contributed by atoms with Gasteiger partial charge < -0.3 is 15.7 Å². The van der Waals surface area contributed by atoms with Crippen molar-refractivity contribution in [2.24, 2.45) is 5.92 Å². The van der Waals surface area contributed by atoms with E-state index in [0.717, 1.165) is 43.5 Å². The molecule has 5 heteroatoms. The number of anilines is 1. The summed E-state index contributed by atoms with van der Waals surface area (Å²) in [5, 5.41) is 18.9. The lowest BCUT2D eigenvalue weighted by Gasteiger charge is -2.42. The zero-order chi connectivity index (χ0) is 19.9. The van der Waals surface area contributed by atoms with E-state index in [1.807, 2.05) is 66.7 Å². The van der Waals surface area contributed by atoms with Crippen molar-refractivity contribution in [2.75, 3.05) is 18.4 Å². The van der Waals surface area contributed by atoms with Crippen LogP contribution in [0.1, 0.15) is 30.4 Å². The molecule has 1 saturated heterocycles. The van der Waals surface area contributed by atoms with E-state index in [1.165, 1.54) is 0 Å². The zero-order valence-corrected chi connectivity index (χ0v) is 16.5. The van der Waals surface area contributed by atoms with Gasteiger partial charge in [-0.25, -0.2) is 9.97 Å². The molecule has 2 heterocycles. The van der Waals surface area contributed by atoms with Crippen LogP contribution in [0.4, 0.5) is 5.95 Å². The average molecular weight is 389 g/mol. The van der Waals surface area contributed by atoms with Crippen LogP contribution in [0.5, 0.6) is 0 Å². The molecule has 0 spiro atoms. The number of nitrogens with zero attached hydrogens (tertiary/aromatic N) is 2. The van der Waals surface area contributed by atoms with E-state index in [0.29, 0.717) is 12.0 Å². The quantitative estimate of drug-likeness (QED) is 0.577. The van der Waals surface area contributed by atoms with E-state index in [4.69, 9.17) is 0 Å². The molecular weight excluding hydrogens is 360 g/mol. The fraction of sp³-hybridized carbons (Fsp3) is 0.333. The smallest absolute Gasteiger partial charge is 0.222 e. The predicted molar refractivity (Wildman–Crippen MR) is 116 cm³/mol. The molecule has 2 aromatic carbocycles. The number of hydrogen-bond acceptors (Lipinski definition) is 5. The Balaban J connectivity index is 1.49. The summed E-state index contributed by atoms with van der Waals surface area (Å²) < 4.78 is 0. The summed E-state index contributed by atoms with van der Waals surface area (Å²) >= 11 is 0. The Kier molecular flexibility index (Phi) is 6.17. The molecule has 0 aliphatic carbocycles. The van der Waals surface area contributed by atoms with Gasteiger partial charge in [0.25, 0.3) is 0 Å².